The van der Waals surface area contributed by atoms with Crippen LogP contribution >= 0.6 is 0 Å². The highest BCUT2D eigenvalue weighted by Crippen LogP contribution is 2.24. The molecule has 0 aromatic heterocycles. The largest absolute Gasteiger partial charge is 0.322 e. The van der Waals surface area contributed by atoms with Crippen LogP contribution in [0.2, 0.25) is 0 Å². The fourth-order valence-corrected chi connectivity index (χ4v) is 3.21. The number of nitro groups is 2. The fourth-order valence-electron chi connectivity index (χ4n) is 3.21. The average Bonchev–Trinajstić information content (AvgIpc) is 2.73. The van der Waals surface area contributed by atoms with Gasteiger partial charge in [-0.1, -0.05) is 18.2 Å². The molecule has 0 saturated carbocycles. The summed E-state index contributed by atoms with van der Waals surface area (Å²) in [5.74, 6) is -1.08. The van der Waals surface area contributed by atoms with Crippen LogP contribution in [0.5, 0.6) is 0 Å². The molecule has 0 unspecified atom stereocenters. The van der Waals surface area contributed by atoms with E-state index in [-0.39, 0.29) is 33.6 Å². The lowest BCUT2D eigenvalue weighted by molar-refractivity contribution is -0.385. The minimum absolute atomic E-state index is 0.154. The van der Waals surface area contributed by atoms with Gasteiger partial charge in [-0.15, -0.1) is 0 Å². The molecule has 0 radical (unpaired) electrons. The molecule has 3 aromatic rings. The molecule has 0 heterocycles. The highest BCUT2D eigenvalue weighted by Gasteiger charge is 2.19. The molecule has 0 saturated heterocycles. The van der Waals surface area contributed by atoms with E-state index in [1.54, 1.807) is 18.2 Å². The Morgan fingerprint density at radius 2 is 1.06 bits per heavy atom. The zero-order chi connectivity index (χ0) is 23.4. The standard InChI is InChI=1S/C22H18N4O6/c1-13-17(8-4-10-19(13)25(29)30)21(27)23-15-6-3-7-16(12-15)24-22(28)18-9-5-11-20(14(18)2)26(31)32/h3-12H,1-2H3,(H,23,27)(H,24,28). The minimum Gasteiger partial charge on any atom is -0.322 e. The molecular formula is C22H18N4O6. The third kappa shape index (κ3) is 4.59. The Hall–Kier alpha value is -4.60. The van der Waals surface area contributed by atoms with E-state index in [1.165, 1.54) is 56.3 Å². The summed E-state index contributed by atoms with van der Waals surface area (Å²) in [6.45, 7) is 2.98. The zero-order valence-electron chi connectivity index (χ0n) is 17.1. The first-order chi connectivity index (χ1) is 15.2. The lowest BCUT2D eigenvalue weighted by Crippen LogP contribution is -2.16. The quantitative estimate of drug-likeness (QED) is 0.428. The van der Waals surface area contributed by atoms with Crippen molar-refractivity contribution in [3.05, 3.63) is 103 Å². The van der Waals surface area contributed by atoms with Gasteiger partial charge < -0.3 is 10.6 Å². The molecule has 0 bridgehead atoms. The lowest BCUT2D eigenvalue weighted by Gasteiger charge is -2.11. The minimum atomic E-state index is -0.557. The Morgan fingerprint density at radius 1 is 0.688 bits per heavy atom. The zero-order valence-corrected chi connectivity index (χ0v) is 17.1. The molecule has 0 aliphatic carbocycles. The van der Waals surface area contributed by atoms with Gasteiger partial charge in [0.2, 0.25) is 0 Å². The normalized spacial score (nSPS) is 10.3. The van der Waals surface area contributed by atoms with Gasteiger partial charge in [0, 0.05) is 45.8 Å². The summed E-state index contributed by atoms with van der Waals surface area (Å²) in [4.78, 5) is 46.3. The number of nitro benzene ring substituents is 2. The summed E-state index contributed by atoms with van der Waals surface area (Å²) in [6, 6.07) is 14.8. The van der Waals surface area contributed by atoms with Gasteiger partial charge in [-0.25, -0.2) is 0 Å². The van der Waals surface area contributed by atoms with Gasteiger partial charge in [0.25, 0.3) is 23.2 Å². The van der Waals surface area contributed by atoms with E-state index in [4.69, 9.17) is 0 Å². The maximum Gasteiger partial charge on any atom is 0.273 e. The number of carbonyl (C=O) groups excluding carboxylic acids is 2. The number of anilines is 2. The van der Waals surface area contributed by atoms with Crippen LogP contribution in [-0.2, 0) is 0 Å². The van der Waals surface area contributed by atoms with Gasteiger partial charge in [0.1, 0.15) is 0 Å². The number of rotatable bonds is 6. The highest BCUT2D eigenvalue weighted by atomic mass is 16.6. The van der Waals surface area contributed by atoms with Gasteiger partial charge in [-0.2, -0.15) is 0 Å². The van der Waals surface area contributed by atoms with Crippen molar-refractivity contribution in [1.29, 1.82) is 0 Å². The lowest BCUT2D eigenvalue weighted by atomic mass is 10.1. The van der Waals surface area contributed by atoms with Crippen molar-refractivity contribution in [2.75, 3.05) is 10.6 Å². The van der Waals surface area contributed by atoms with Crippen molar-refractivity contribution in [2.45, 2.75) is 13.8 Å². The molecule has 10 nitrogen and oxygen atoms in total. The Balaban J connectivity index is 1.80. The molecule has 32 heavy (non-hydrogen) atoms. The molecule has 0 aliphatic rings. The van der Waals surface area contributed by atoms with E-state index in [0.717, 1.165) is 0 Å². The summed E-state index contributed by atoms with van der Waals surface area (Å²) < 4.78 is 0. The van der Waals surface area contributed by atoms with Crippen LogP contribution in [0.4, 0.5) is 22.7 Å². The van der Waals surface area contributed by atoms with Crippen LogP contribution in [0, 0.1) is 34.1 Å². The van der Waals surface area contributed by atoms with Gasteiger partial charge in [0.15, 0.2) is 0 Å². The summed E-state index contributed by atoms with van der Waals surface area (Å²) in [5, 5.41) is 27.5. The second kappa shape index (κ2) is 9.04. The first-order valence-corrected chi connectivity index (χ1v) is 9.40. The van der Waals surface area contributed by atoms with E-state index >= 15 is 0 Å². The van der Waals surface area contributed by atoms with Crippen LogP contribution in [0.1, 0.15) is 31.8 Å². The SMILES string of the molecule is Cc1c(C(=O)Nc2cccc(NC(=O)c3cccc([N+](=O)[O-])c3C)c2)cccc1[N+](=O)[O-]. The monoisotopic (exact) mass is 434 g/mol. The summed E-state index contributed by atoms with van der Waals surface area (Å²) in [5.41, 5.74) is 1.17. The molecule has 0 aliphatic heterocycles. The van der Waals surface area contributed by atoms with Crippen LogP contribution in [-0.4, -0.2) is 21.7 Å². The summed E-state index contributed by atoms with van der Waals surface area (Å²) >= 11 is 0. The second-order valence-corrected chi connectivity index (χ2v) is 6.90. The van der Waals surface area contributed by atoms with Crippen LogP contribution in [0.15, 0.2) is 60.7 Å². The number of hydrogen-bond donors (Lipinski definition) is 2. The van der Waals surface area contributed by atoms with E-state index in [9.17, 15) is 29.8 Å². The van der Waals surface area contributed by atoms with Crippen molar-refractivity contribution < 1.29 is 19.4 Å². The van der Waals surface area contributed by atoms with E-state index < -0.39 is 21.7 Å². The number of nitrogens with zero attached hydrogens (tertiary/aromatic N) is 2. The van der Waals surface area contributed by atoms with Crippen molar-refractivity contribution in [1.82, 2.24) is 0 Å². The van der Waals surface area contributed by atoms with Crippen molar-refractivity contribution >= 4 is 34.6 Å². The van der Waals surface area contributed by atoms with E-state index in [0.29, 0.717) is 11.4 Å². The van der Waals surface area contributed by atoms with Crippen LogP contribution < -0.4 is 10.6 Å². The van der Waals surface area contributed by atoms with Crippen LogP contribution in [0.25, 0.3) is 0 Å². The van der Waals surface area contributed by atoms with Gasteiger partial charge >= 0.3 is 0 Å². The third-order valence-electron chi connectivity index (χ3n) is 4.87. The molecule has 2 N–H and O–H groups in total. The number of benzene rings is 3. The average molecular weight is 434 g/mol. The molecule has 162 valence electrons. The number of carbonyl (C=O) groups is 2. The summed E-state index contributed by atoms with van der Waals surface area (Å²) in [6.07, 6.45) is 0. The van der Waals surface area contributed by atoms with Gasteiger partial charge in [-0.05, 0) is 44.2 Å². The van der Waals surface area contributed by atoms with Crippen molar-refractivity contribution in [3.8, 4) is 0 Å². The Morgan fingerprint density at radius 3 is 1.44 bits per heavy atom. The van der Waals surface area contributed by atoms with Crippen molar-refractivity contribution in [2.24, 2.45) is 0 Å². The van der Waals surface area contributed by atoms with Crippen molar-refractivity contribution in [3.63, 3.8) is 0 Å². The molecule has 0 spiro atoms. The Labute approximate surface area is 182 Å². The maximum atomic E-state index is 12.6. The molecule has 0 atom stereocenters. The van der Waals surface area contributed by atoms with Gasteiger partial charge in [0.05, 0.1) is 9.85 Å². The predicted octanol–water partition coefficient (Wildman–Crippen LogP) is 4.62. The third-order valence-corrected chi connectivity index (χ3v) is 4.87. The van der Waals surface area contributed by atoms with E-state index in [1.807, 2.05) is 0 Å². The first kappa shape index (κ1) is 22.1. The molecule has 3 aromatic carbocycles. The fraction of sp³-hybridized carbons (Fsp3) is 0.0909. The number of amides is 2. The first-order valence-electron chi connectivity index (χ1n) is 9.40. The highest BCUT2D eigenvalue weighted by molar-refractivity contribution is 6.08. The topological polar surface area (TPSA) is 144 Å². The molecule has 2 amide bonds. The number of nitrogens with one attached hydrogen (secondary N) is 2. The van der Waals surface area contributed by atoms with E-state index in [2.05, 4.69) is 10.6 Å². The Bertz CT molecular complexity index is 1160. The smallest absolute Gasteiger partial charge is 0.273 e. The van der Waals surface area contributed by atoms with Crippen LogP contribution in [0.3, 0.4) is 0 Å². The molecule has 3 rings (SSSR count). The Kier molecular flexibility index (Phi) is 6.24. The molecule has 10 heteroatoms. The maximum absolute atomic E-state index is 12.6. The molecular weight excluding hydrogens is 416 g/mol. The van der Waals surface area contributed by atoms with Gasteiger partial charge in [-0.3, -0.25) is 29.8 Å². The number of hydrogen-bond acceptors (Lipinski definition) is 6. The summed E-state index contributed by atoms with van der Waals surface area (Å²) in [7, 11) is 0. The second-order valence-electron chi connectivity index (χ2n) is 6.90. The molecule has 0 fully saturated rings. The predicted molar refractivity (Wildman–Crippen MR) is 118 cm³/mol.